The number of hydrogen-bond donors (Lipinski definition) is 2. The van der Waals surface area contributed by atoms with Crippen LogP contribution in [-0.2, 0) is 21.0 Å². The van der Waals surface area contributed by atoms with E-state index in [4.69, 9.17) is 4.74 Å². The van der Waals surface area contributed by atoms with E-state index in [-0.39, 0.29) is 26.7 Å². The molecule has 0 aliphatic heterocycles. The Bertz CT molecular complexity index is 1420. The van der Waals surface area contributed by atoms with Crippen molar-refractivity contribution in [3.63, 3.8) is 0 Å². The van der Waals surface area contributed by atoms with E-state index in [9.17, 15) is 26.4 Å². The molecule has 0 radical (unpaired) electrons. The van der Waals surface area contributed by atoms with Gasteiger partial charge in [-0.05, 0) is 42.5 Å². The van der Waals surface area contributed by atoms with Crippen LogP contribution in [-0.4, -0.2) is 30.9 Å². The summed E-state index contributed by atoms with van der Waals surface area (Å²) in [5.74, 6) is -0.519. The summed E-state index contributed by atoms with van der Waals surface area (Å²) in [6, 6.07) is 10.3. The smallest absolute Gasteiger partial charge is 0.418 e. The van der Waals surface area contributed by atoms with Crippen molar-refractivity contribution in [2.75, 3.05) is 16.6 Å². The molecule has 2 heterocycles. The number of anilines is 2. The third kappa shape index (κ3) is 5.26. The Morgan fingerprint density at radius 3 is 2.47 bits per heavy atom. The van der Waals surface area contributed by atoms with E-state index in [0.717, 1.165) is 17.4 Å². The van der Waals surface area contributed by atoms with Crippen molar-refractivity contribution in [3.05, 3.63) is 71.9 Å². The molecule has 0 fully saturated rings. The molecule has 176 valence electrons. The van der Waals surface area contributed by atoms with Crippen LogP contribution in [0.25, 0.3) is 10.9 Å². The molecule has 8 nitrogen and oxygen atoms in total. The molecule has 4 aromatic rings. The molecule has 0 spiro atoms. The quantitative estimate of drug-likeness (QED) is 0.380. The number of amides is 1. The Labute approximate surface area is 195 Å². The van der Waals surface area contributed by atoms with E-state index in [1.54, 1.807) is 5.38 Å². The fourth-order valence-corrected chi connectivity index (χ4v) is 4.80. The molecule has 2 aromatic heterocycles. The maximum Gasteiger partial charge on any atom is 0.418 e. The van der Waals surface area contributed by atoms with Gasteiger partial charge in [0.1, 0.15) is 5.75 Å². The van der Waals surface area contributed by atoms with E-state index in [1.165, 1.54) is 54.9 Å². The topological polar surface area (TPSA) is 110 Å². The van der Waals surface area contributed by atoms with Crippen LogP contribution in [0.15, 0.2) is 71.2 Å². The molecular weight excluding hydrogens is 493 g/mol. The maximum absolute atomic E-state index is 13.2. The molecule has 0 aliphatic rings. The lowest BCUT2D eigenvalue weighted by Gasteiger charge is -2.13. The van der Waals surface area contributed by atoms with Gasteiger partial charge in [0.2, 0.25) is 0 Å². The third-order valence-corrected chi connectivity index (χ3v) is 6.67. The van der Waals surface area contributed by atoms with Gasteiger partial charge < -0.3 is 10.1 Å². The number of para-hydroxylation sites is 1. The second-order valence-electron chi connectivity index (χ2n) is 6.81. The number of thiazole rings is 1. The van der Waals surface area contributed by atoms with Gasteiger partial charge in [0.05, 0.1) is 16.0 Å². The summed E-state index contributed by atoms with van der Waals surface area (Å²) in [5, 5.41) is 4.50. The first kappa shape index (κ1) is 23.4. The number of carbonyl (C=O) groups excluding carboxylic acids is 1. The highest BCUT2D eigenvalue weighted by Gasteiger charge is 2.33. The van der Waals surface area contributed by atoms with E-state index in [1.807, 2.05) is 0 Å². The van der Waals surface area contributed by atoms with Crippen LogP contribution in [0.2, 0.25) is 0 Å². The first-order valence-electron chi connectivity index (χ1n) is 9.53. The van der Waals surface area contributed by atoms with Crippen molar-refractivity contribution in [3.8, 4) is 5.75 Å². The Morgan fingerprint density at radius 1 is 1.03 bits per heavy atom. The van der Waals surface area contributed by atoms with Gasteiger partial charge in [-0.1, -0.05) is 6.07 Å². The summed E-state index contributed by atoms with van der Waals surface area (Å²) >= 11 is 1.13. The SMILES string of the molecule is O=C(COc1ccnc2c(C(F)(F)F)cccc12)Nc1ccc(S(=O)(=O)Nc2nccs2)cc1. The Hall–Kier alpha value is -3.71. The number of alkyl halides is 3. The van der Waals surface area contributed by atoms with E-state index < -0.39 is 34.3 Å². The highest BCUT2D eigenvalue weighted by molar-refractivity contribution is 7.93. The number of hydrogen-bond acceptors (Lipinski definition) is 7. The molecule has 0 atom stereocenters. The van der Waals surface area contributed by atoms with Crippen molar-refractivity contribution < 1.29 is 31.1 Å². The first-order chi connectivity index (χ1) is 16.1. The molecule has 4 rings (SSSR count). The number of nitrogens with one attached hydrogen (secondary N) is 2. The van der Waals surface area contributed by atoms with Crippen LogP contribution >= 0.6 is 11.3 Å². The normalized spacial score (nSPS) is 11.9. The number of rotatable bonds is 7. The Morgan fingerprint density at radius 2 is 1.79 bits per heavy atom. The molecule has 0 bridgehead atoms. The molecule has 1 amide bonds. The monoisotopic (exact) mass is 508 g/mol. The number of ether oxygens (including phenoxy) is 1. The molecule has 34 heavy (non-hydrogen) atoms. The van der Waals surface area contributed by atoms with Crippen LogP contribution in [0.5, 0.6) is 5.75 Å². The minimum atomic E-state index is -4.59. The number of aromatic nitrogens is 2. The number of halogens is 3. The lowest BCUT2D eigenvalue weighted by molar-refractivity contribution is -0.136. The van der Waals surface area contributed by atoms with Gasteiger partial charge in [-0.2, -0.15) is 13.2 Å². The predicted octanol–water partition coefficient (Wildman–Crippen LogP) is 4.53. The Balaban J connectivity index is 1.41. The van der Waals surface area contributed by atoms with Gasteiger partial charge in [-0.3, -0.25) is 14.5 Å². The molecule has 0 saturated carbocycles. The van der Waals surface area contributed by atoms with Gasteiger partial charge in [-0.15, -0.1) is 11.3 Å². The van der Waals surface area contributed by atoms with Crippen molar-refractivity contribution in [1.29, 1.82) is 0 Å². The number of pyridine rings is 1. The van der Waals surface area contributed by atoms with Crippen molar-refractivity contribution >= 4 is 49.0 Å². The zero-order valence-corrected chi connectivity index (χ0v) is 18.7. The summed E-state index contributed by atoms with van der Waals surface area (Å²) in [6.07, 6.45) is -1.95. The molecule has 13 heteroatoms. The predicted molar refractivity (Wildman–Crippen MR) is 120 cm³/mol. The number of nitrogens with zero attached hydrogens (tertiary/aromatic N) is 2. The van der Waals surface area contributed by atoms with Gasteiger partial charge in [0.25, 0.3) is 15.9 Å². The average molecular weight is 509 g/mol. The molecule has 2 N–H and O–H groups in total. The van der Waals surface area contributed by atoms with Gasteiger partial charge in [0.15, 0.2) is 11.7 Å². The highest BCUT2D eigenvalue weighted by Crippen LogP contribution is 2.36. The van der Waals surface area contributed by atoms with Gasteiger partial charge >= 0.3 is 6.18 Å². The fourth-order valence-electron chi connectivity index (χ4n) is 3.01. The van der Waals surface area contributed by atoms with Crippen LogP contribution in [0, 0.1) is 0 Å². The second-order valence-corrected chi connectivity index (χ2v) is 9.39. The van der Waals surface area contributed by atoms with E-state index in [2.05, 4.69) is 20.0 Å². The van der Waals surface area contributed by atoms with E-state index in [0.29, 0.717) is 5.69 Å². The Kier molecular flexibility index (Phi) is 6.39. The van der Waals surface area contributed by atoms with Crippen LogP contribution < -0.4 is 14.8 Å². The van der Waals surface area contributed by atoms with Crippen molar-refractivity contribution in [1.82, 2.24) is 9.97 Å². The van der Waals surface area contributed by atoms with Gasteiger partial charge in [-0.25, -0.2) is 13.4 Å². The maximum atomic E-state index is 13.2. The minimum Gasteiger partial charge on any atom is -0.483 e. The van der Waals surface area contributed by atoms with Crippen molar-refractivity contribution in [2.45, 2.75) is 11.1 Å². The molecule has 0 aliphatic carbocycles. The number of sulfonamides is 1. The zero-order valence-electron chi connectivity index (χ0n) is 17.0. The summed E-state index contributed by atoms with van der Waals surface area (Å²) in [4.78, 5) is 19.9. The minimum absolute atomic E-state index is 0.0272. The number of benzene rings is 2. The lowest BCUT2D eigenvalue weighted by atomic mass is 10.1. The van der Waals surface area contributed by atoms with Crippen LogP contribution in [0.1, 0.15) is 5.56 Å². The third-order valence-electron chi connectivity index (χ3n) is 4.50. The van der Waals surface area contributed by atoms with Crippen LogP contribution in [0.3, 0.4) is 0 Å². The number of carbonyl (C=O) groups is 1. The molecule has 0 unspecified atom stereocenters. The summed E-state index contributed by atoms with van der Waals surface area (Å²) < 4.78 is 72.1. The largest absolute Gasteiger partial charge is 0.483 e. The second kappa shape index (κ2) is 9.27. The molecule has 0 saturated heterocycles. The van der Waals surface area contributed by atoms with E-state index >= 15 is 0 Å². The molecular formula is C21H15F3N4O4S2. The molecule has 2 aromatic carbocycles. The average Bonchev–Trinajstić information content (AvgIpc) is 3.29. The fraction of sp³-hybridized carbons (Fsp3) is 0.0952. The van der Waals surface area contributed by atoms with Crippen LogP contribution in [0.4, 0.5) is 24.0 Å². The lowest BCUT2D eigenvalue weighted by Crippen LogP contribution is -2.20. The standard InChI is InChI=1S/C21H15F3N4O4S2/c22-21(23,24)16-3-1-2-15-17(8-9-25-19(15)16)32-12-18(29)27-13-4-6-14(7-5-13)34(30,31)28-20-26-10-11-33-20/h1-11H,12H2,(H,26,28)(H,27,29). The number of fused-ring (bicyclic) bond motifs is 1. The summed E-state index contributed by atoms with van der Waals surface area (Å²) in [6.45, 7) is -0.485. The highest BCUT2D eigenvalue weighted by atomic mass is 32.2. The summed E-state index contributed by atoms with van der Waals surface area (Å²) in [5.41, 5.74) is -0.879. The van der Waals surface area contributed by atoms with Crippen molar-refractivity contribution in [2.24, 2.45) is 0 Å². The van der Waals surface area contributed by atoms with Gasteiger partial charge in [0, 0.05) is 28.8 Å². The zero-order chi connectivity index (χ0) is 24.3. The first-order valence-corrected chi connectivity index (χ1v) is 11.9. The summed E-state index contributed by atoms with van der Waals surface area (Å²) in [7, 11) is -3.84.